The molecule has 1 aliphatic carbocycles. The zero-order valence-corrected chi connectivity index (χ0v) is 17.2. The van der Waals surface area contributed by atoms with Crippen LogP contribution in [0.25, 0.3) is 0 Å². The number of anilines is 1. The zero-order valence-electron chi connectivity index (χ0n) is 17.2. The number of fused-ring (bicyclic) bond motifs is 1. The number of Topliss-reactive ketones (excluding diaryl/α,β-unsaturated/α-hetero) is 1. The van der Waals surface area contributed by atoms with Crippen LogP contribution in [0.1, 0.15) is 47.1 Å². The van der Waals surface area contributed by atoms with Gasteiger partial charge in [0.2, 0.25) is 5.88 Å². The number of rotatable bonds is 3. The van der Waals surface area contributed by atoms with Crippen LogP contribution < -0.4 is 10.1 Å². The van der Waals surface area contributed by atoms with Crippen LogP contribution in [-0.4, -0.2) is 28.3 Å². The number of aryl methyl sites for hydroxylation is 1. The van der Waals surface area contributed by atoms with E-state index in [0.29, 0.717) is 29.3 Å². The summed E-state index contributed by atoms with van der Waals surface area (Å²) in [7, 11) is 1.49. The summed E-state index contributed by atoms with van der Waals surface area (Å²) in [4.78, 5) is 13.4. The molecule has 0 unspecified atom stereocenters. The monoisotopic (exact) mass is 418 g/mol. The minimum Gasteiger partial charge on any atom is -0.508 e. The molecule has 2 heterocycles. The fraction of sp³-hybridized carbons (Fsp3) is 0.250. The van der Waals surface area contributed by atoms with Crippen LogP contribution in [0.5, 0.6) is 17.2 Å². The number of carbonyl (C=O) groups is 1. The van der Waals surface area contributed by atoms with E-state index in [1.165, 1.54) is 7.11 Å². The van der Waals surface area contributed by atoms with Crippen molar-refractivity contribution in [1.29, 1.82) is 0 Å². The first-order valence-corrected chi connectivity index (χ1v) is 10.1. The molecule has 1 aromatic heterocycles. The molecule has 7 nitrogen and oxygen atoms in total. The number of carbonyl (C=O) groups excluding carboxylic acids is 1. The average Bonchev–Trinajstić information content (AvgIpc) is 3.12. The lowest BCUT2D eigenvalue weighted by Gasteiger charge is -2.34. The molecular weight excluding hydrogens is 396 g/mol. The number of phenolic OH excluding ortho intramolecular Hbond substituents is 2. The molecule has 1 aliphatic heterocycles. The zero-order chi connectivity index (χ0) is 21.7. The van der Waals surface area contributed by atoms with Gasteiger partial charge in [-0.1, -0.05) is 29.4 Å². The molecule has 2 aromatic carbocycles. The summed E-state index contributed by atoms with van der Waals surface area (Å²) in [5.74, 6) is 0.502. The second-order valence-electron chi connectivity index (χ2n) is 7.98. The Hall–Kier alpha value is -3.74. The van der Waals surface area contributed by atoms with Gasteiger partial charge in [-0.25, -0.2) is 0 Å². The first-order chi connectivity index (χ1) is 15.0. The summed E-state index contributed by atoms with van der Waals surface area (Å²) in [5, 5.41) is 28.0. The maximum absolute atomic E-state index is 13.4. The maximum atomic E-state index is 13.4. The maximum Gasteiger partial charge on any atom is 0.233 e. The van der Waals surface area contributed by atoms with Gasteiger partial charge in [-0.15, -0.1) is 0 Å². The Morgan fingerprint density at radius 3 is 2.68 bits per heavy atom. The van der Waals surface area contributed by atoms with Gasteiger partial charge in [0.25, 0.3) is 0 Å². The van der Waals surface area contributed by atoms with E-state index in [2.05, 4.69) is 10.5 Å². The molecule has 158 valence electrons. The molecule has 2 atom stereocenters. The SMILES string of the molecule is COc1ccc([C@H]2C3=C(C[C@@H](c4ccccc4O)CC3=O)Nc3onc(C)c32)cc1O. The van der Waals surface area contributed by atoms with Gasteiger partial charge < -0.3 is 24.8 Å². The molecule has 3 aromatic rings. The Morgan fingerprint density at radius 2 is 1.94 bits per heavy atom. The number of nitrogens with zero attached hydrogens (tertiary/aromatic N) is 1. The first kappa shape index (κ1) is 19.2. The smallest absolute Gasteiger partial charge is 0.233 e. The van der Waals surface area contributed by atoms with Crippen molar-refractivity contribution in [2.75, 3.05) is 12.4 Å². The Bertz CT molecular complexity index is 1230. The van der Waals surface area contributed by atoms with Crippen molar-refractivity contribution >= 4 is 11.7 Å². The van der Waals surface area contributed by atoms with Crippen molar-refractivity contribution in [3.63, 3.8) is 0 Å². The van der Waals surface area contributed by atoms with E-state index in [9.17, 15) is 15.0 Å². The molecule has 0 bridgehead atoms. The highest BCUT2D eigenvalue weighted by Crippen LogP contribution is 2.50. The molecule has 0 spiro atoms. The normalized spacial score (nSPS) is 20.1. The highest BCUT2D eigenvalue weighted by Gasteiger charge is 2.41. The van der Waals surface area contributed by atoms with E-state index in [4.69, 9.17) is 9.26 Å². The second-order valence-corrected chi connectivity index (χ2v) is 7.98. The predicted molar refractivity (Wildman–Crippen MR) is 113 cm³/mol. The molecule has 7 heteroatoms. The quantitative estimate of drug-likeness (QED) is 0.580. The van der Waals surface area contributed by atoms with Gasteiger partial charge in [0.1, 0.15) is 5.75 Å². The molecule has 2 aliphatic rings. The summed E-state index contributed by atoms with van der Waals surface area (Å²) in [6.45, 7) is 1.84. The minimum atomic E-state index is -0.410. The molecule has 5 rings (SSSR count). The third kappa shape index (κ3) is 3.04. The molecule has 3 N–H and O–H groups in total. The van der Waals surface area contributed by atoms with Crippen LogP contribution in [0.15, 0.2) is 58.3 Å². The topological polar surface area (TPSA) is 105 Å². The molecule has 0 fully saturated rings. The molecule has 31 heavy (non-hydrogen) atoms. The van der Waals surface area contributed by atoms with Crippen LogP contribution in [0, 0.1) is 6.92 Å². The number of phenols is 2. The lowest BCUT2D eigenvalue weighted by molar-refractivity contribution is -0.116. The van der Waals surface area contributed by atoms with Gasteiger partial charge in [-0.3, -0.25) is 4.79 Å². The number of hydrogen-bond acceptors (Lipinski definition) is 7. The molecule has 0 saturated carbocycles. The van der Waals surface area contributed by atoms with E-state index in [1.54, 1.807) is 24.3 Å². The number of ether oxygens (including phenoxy) is 1. The van der Waals surface area contributed by atoms with E-state index < -0.39 is 5.92 Å². The van der Waals surface area contributed by atoms with E-state index in [0.717, 1.165) is 22.4 Å². The molecule has 0 saturated heterocycles. The average molecular weight is 418 g/mol. The van der Waals surface area contributed by atoms with Crippen LogP contribution in [0.4, 0.5) is 5.88 Å². The van der Waals surface area contributed by atoms with Crippen LogP contribution >= 0.6 is 0 Å². The Morgan fingerprint density at radius 1 is 1.13 bits per heavy atom. The lowest BCUT2D eigenvalue weighted by atomic mass is 9.72. The largest absolute Gasteiger partial charge is 0.508 e. The van der Waals surface area contributed by atoms with Crippen molar-refractivity contribution in [3.8, 4) is 17.2 Å². The number of para-hydroxylation sites is 1. The van der Waals surface area contributed by atoms with E-state index in [-0.39, 0.29) is 29.6 Å². The van der Waals surface area contributed by atoms with Gasteiger partial charge >= 0.3 is 0 Å². The van der Waals surface area contributed by atoms with Gasteiger partial charge in [-0.2, -0.15) is 0 Å². The van der Waals surface area contributed by atoms with Crippen LogP contribution in [0.2, 0.25) is 0 Å². The summed E-state index contributed by atoms with van der Waals surface area (Å²) < 4.78 is 10.7. The lowest BCUT2D eigenvalue weighted by Crippen LogP contribution is -2.29. The summed E-state index contributed by atoms with van der Waals surface area (Å²) in [5.41, 5.74) is 4.39. The number of aromatic nitrogens is 1. The van der Waals surface area contributed by atoms with Crippen molar-refractivity contribution < 1.29 is 24.3 Å². The van der Waals surface area contributed by atoms with Gasteiger partial charge in [-0.05, 0) is 42.7 Å². The Balaban J connectivity index is 1.63. The number of benzene rings is 2. The molecular formula is C24H22N2O5. The Labute approximate surface area is 179 Å². The molecule has 0 amide bonds. The van der Waals surface area contributed by atoms with E-state index >= 15 is 0 Å². The van der Waals surface area contributed by atoms with Gasteiger partial charge in [0.05, 0.1) is 18.4 Å². The minimum absolute atomic E-state index is 0.00596. The fourth-order valence-corrected chi connectivity index (χ4v) is 4.75. The first-order valence-electron chi connectivity index (χ1n) is 10.1. The number of allylic oxidation sites excluding steroid dienone is 2. The number of nitrogens with one attached hydrogen (secondary N) is 1. The van der Waals surface area contributed by atoms with Crippen molar-refractivity contribution in [2.24, 2.45) is 0 Å². The Kier molecular flexibility index (Phi) is 4.46. The standard InChI is InChI=1S/C24H22N2O5/c1-12-21-22(13-7-8-20(30-2)18(28)10-13)23-16(25-24(21)31-26-12)9-14(11-19(23)29)15-5-3-4-6-17(15)27/h3-8,10,14,22,25,27-28H,9,11H2,1-2H3/t14-,22-/m1/s1. The second kappa shape index (κ2) is 7.19. The fourth-order valence-electron chi connectivity index (χ4n) is 4.75. The summed E-state index contributed by atoms with van der Waals surface area (Å²) >= 11 is 0. The van der Waals surface area contributed by atoms with Crippen molar-refractivity contribution in [3.05, 3.63) is 76.1 Å². The molecule has 0 radical (unpaired) electrons. The number of hydrogen-bond donors (Lipinski definition) is 3. The highest BCUT2D eigenvalue weighted by atomic mass is 16.5. The highest BCUT2D eigenvalue weighted by molar-refractivity contribution is 6.01. The van der Waals surface area contributed by atoms with Crippen LogP contribution in [-0.2, 0) is 4.79 Å². The summed E-state index contributed by atoms with van der Waals surface area (Å²) in [6.07, 6.45) is 0.840. The van der Waals surface area contributed by atoms with E-state index in [1.807, 2.05) is 25.1 Å². The third-order valence-electron chi connectivity index (χ3n) is 6.17. The third-order valence-corrected chi connectivity index (χ3v) is 6.17. The van der Waals surface area contributed by atoms with Crippen molar-refractivity contribution in [2.45, 2.75) is 31.6 Å². The van der Waals surface area contributed by atoms with Crippen molar-refractivity contribution in [1.82, 2.24) is 5.16 Å². The van der Waals surface area contributed by atoms with Gasteiger partial charge in [0, 0.05) is 29.5 Å². The number of ketones is 1. The van der Waals surface area contributed by atoms with Gasteiger partial charge in [0.15, 0.2) is 17.3 Å². The number of aromatic hydroxyl groups is 2. The summed E-state index contributed by atoms with van der Waals surface area (Å²) in [6, 6.07) is 12.3. The van der Waals surface area contributed by atoms with Crippen LogP contribution in [0.3, 0.4) is 0 Å². The number of methoxy groups -OCH3 is 1. The predicted octanol–water partition coefficient (Wildman–Crippen LogP) is 4.36.